The molecule has 1 saturated heterocycles. The fourth-order valence-electron chi connectivity index (χ4n) is 3.79. The highest BCUT2D eigenvalue weighted by molar-refractivity contribution is 5.98. The number of benzene rings is 2. The number of ether oxygens (including phenoxy) is 2. The Labute approximate surface area is 161 Å². The smallest absolute Gasteiger partial charge is 0.323 e. The number of para-hydroxylation sites is 1. The second-order valence-corrected chi connectivity index (χ2v) is 7.13. The zero-order valence-electron chi connectivity index (χ0n) is 15.1. The second-order valence-electron chi connectivity index (χ2n) is 7.13. The van der Waals surface area contributed by atoms with Gasteiger partial charge in [0.2, 0.25) is 6.79 Å². The topological polar surface area (TPSA) is 99.7 Å². The number of rotatable bonds is 2. The summed E-state index contributed by atoms with van der Waals surface area (Å²) in [7, 11) is 0. The molecule has 2 aliphatic rings. The molecule has 5 rings (SSSR count). The average molecular weight is 380 g/mol. The Morgan fingerprint density at radius 3 is 2.79 bits per heavy atom. The Morgan fingerprint density at radius 1 is 1.14 bits per heavy atom. The summed E-state index contributed by atoms with van der Waals surface area (Å²) in [5, 5.41) is 21.9. The first-order valence-electron chi connectivity index (χ1n) is 9.24. The van der Waals surface area contributed by atoms with Crippen molar-refractivity contribution >= 4 is 22.8 Å². The molecule has 1 aromatic heterocycles. The van der Waals surface area contributed by atoms with Crippen LogP contribution in [-0.4, -0.2) is 46.1 Å². The van der Waals surface area contributed by atoms with Crippen LogP contribution in [0.5, 0.6) is 11.5 Å². The van der Waals surface area contributed by atoms with Crippen LogP contribution in [0.25, 0.3) is 10.9 Å². The standard InChI is InChI=1S/C20H20N4O4/c25-19(21-18-14-3-1-2-4-15(14)22-23-18)24-9-7-20(26,8-10-24)13-5-6-16-17(11-13)28-12-27-16/h1-6,11,26H,7-10,12H2,(H2,21,22,23,25). The molecule has 3 heterocycles. The highest BCUT2D eigenvalue weighted by atomic mass is 16.7. The largest absolute Gasteiger partial charge is 0.454 e. The molecule has 3 N–H and O–H groups in total. The number of aliphatic hydroxyl groups is 1. The Kier molecular flexibility index (Phi) is 3.87. The van der Waals surface area contributed by atoms with Gasteiger partial charge in [-0.05, 0) is 42.7 Å². The van der Waals surface area contributed by atoms with Crippen LogP contribution >= 0.6 is 0 Å². The lowest BCUT2D eigenvalue weighted by molar-refractivity contribution is -0.0158. The van der Waals surface area contributed by atoms with Gasteiger partial charge >= 0.3 is 6.03 Å². The van der Waals surface area contributed by atoms with Gasteiger partial charge in [-0.15, -0.1) is 0 Å². The predicted octanol–water partition coefficient (Wildman–Crippen LogP) is 2.81. The zero-order valence-corrected chi connectivity index (χ0v) is 15.1. The number of aromatic nitrogens is 2. The molecule has 3 aromatic rings. The first-order valence-corrected chi connectivity index (χ1v) is 9.24. The molecule has 144 valence electrons. The van der Waals surface area contributed by atoms with E-state index in [1.807, 2.05) is 42.5 Å². The molecule has 0 bridgehead atoms. The van der Waals surface area contributed by atoms with E-state index in [9.17, 15) is 9.90 Å². The molecule has 0 atom stereocenters. The van der Waals surface area contributed by atoms with Crippen LogP contribution in [0.2, 0.25) is 0 Å². The number of anilines is 1. The molecule has 28 heavy (non-hydrogen) atoms. The Morgan fingerprint density at radius 2 is 1.93 bits per heavy atom. The van der Waals surface area contributed by atoms with Crippen molar-refractivity contribution in [3.05, 3.63) is 48.0 Å². The lowest BCUT2D eigenvalue weighted by Gasteiger charge is -2.38. The number of nitrogens with zero attached hydrogens (tertiary/aromatic N) is 2. The highest BCUT2D eigenvalue weighted by Gasteiger charge is 2.36. The Hall–Kier alpha value is -3.26. The van der Waals surface area contributed by atoms with Crippen LogP contribution in [0.4, 0.5) is 10.6 Å². The number of carbonyl (C=O) groups excluding carboxylic acids is 1. The quantitative estimate of drug-likeness (QED) is 0.635. The molecule has 2 aliphatic heterocycles. The van der Waals surface area contributed by atoms with Crippen molar-refractivity contribution in [1.29, 1.82) is 0 Å². The van der Waals surface area contributed by atoms with Crippen LogP contribution in [0.15, 0.2) is 42.5 Å². The number of hydrogen-bond acceptors (Lipinski definition) is 5. The average Bonchev–Trinajstić information content (AvgIpc) is 3.35. The maximum atomic E-state index is 12.7. The molecular weight excluding hydrogens is 360 g/mol. The maximum absolute atomic E-state index is 12.7. The van der Waals surface area contributed by atoms with E-state index in [1.54, 1.807) is 4.90 Å². The normalized spacial score (nSPS) is 17.7. The van der Waals surface area contributed by atoms with E-state index < -0.39 is 5.60 Å². The van der Waals surface area contributed by atoms with Gasteiger partial charge in [0, 0.05) is 18.5 Å². The SMILES string of the molecule is O=C(Nc1n[nH]c2ccccc12)N1CCC(O)(c2ccc3c(c2)OCO3)CC1. The van der Waals surface area contributed by atoms with Crippen LogP contribution in [0.3, 0.4) is 0 Å². The van der Waals surface area contributed by atoms with Gasteiger partial charge in [-0.1, -0.05) is 18.2 Å². The van der Waals surface area contributed by atoms with E-state index in [2.05, 4.69) is 15.5 Å². The molecular formula is C20H20N4O4. The molecule has 2 amide bonds. The molecule has 0 radical (unpaired) electrons. The van der Waals surface area contributed by atoms with Crippen molar-refractivity contribution in [2.75, 3.05) is 25.2 Å². The van der Waals surface area contributed by atoms with Gasteiger partial charge in [-0.2, -0.15) is 5.10 Å². The minimum absolute atomic E-state index is 0.201. The Balaban J connectivity index is 1.27. The number of nitrogens with one attached hydrogen (secondary N) is 2. The fourth-order valence-corrected chi connectivity index (χ4v) is 3.79. The molecule has 1 fully saturated rings. The summed E-state index contributed by atoms with van der Waals surface area (Å²) in [6, 6.07) is 12.9. The summed E-state index contributed by atoms with van der Waals surface area (Å²) in [6.45, 7) is 1.09. The van der Waals surface area contributed by atoms with E-state index in [4.69, 9.17) is 9.47 Å². The lowest BCUT2D eigenvalue weighted by atomic mass is 9.84. The molecule has 0 saturated carbocycles. The van der Waals surface area contributed by atoms with Crippen LogP contribution in [0, 0.1) is 0 Å². The first-order chi connectivity index (χ1) is 13.6. The number of hydrogen-bond donors (Lipinski definition) is 3. The summed E-state index contributed by atoms with van der Waals surface area (Å²) in [4.78, 5) is 14.4. The number of amides is 2. The molecule has 0 unspecified atom stereocenters. The third-order valence-electron chi connectivity index (χ3n) is 5.48. The summed E-state index contributed by atoms with van der Waals surface area (Å²) in [5.74, 6) is 1.85. The van der Waals surface area contributed by atoms with Crippen LogP contribution in [0.1, 0.15) is 18.4 Å². The van der Waals surface area contributed by atoms with E-state index in [-0.39, 0.29) is 12.8 Å². The summed E-state index contributed by atoms with van der Waals surface area (Å²) >= 11 is 0. The third-order valence-corrected chi connectivity index (χ3v) is 5.48. The molecule has 8 nitrogen and oxygen atoms in total. The number of fused-ring (bicyclic) bond motifs is 2. The van der Waals surface area contributed by atoms with Gasteiger partial charge in [-0.3, -0.25) is 10.4 Å². The van der Waals surface area contributed by atoms with Crippen molar-refractivity contribution < 1.29 is 19.4 Å². The maximum Gasteiger partial charge on any atom is 0.323 e. The number of H-pyrrole nitrogens is 1. The third kappa shape index (κ3) is 2.82. The monoisotopic (exact) mass is 380 g/mol. The number of urea groups is 1. The minimum Gasteiger partial charge on any atom is -0.454 e. The number of carbonyl (C=O) groups is 1. The van der Waals surface area contributed by atoms with Crippen LogP contribution < -0.4 is 14.8 Å². The van der Waals surface area contributed by atoms with Crippen molar-refractivity contribution in [3.63, 3.8) is 0 Å². The van der Waals surface area contributed by atoms with Crippen LogP contribution in [-0.2, 0) is 5.60 Å². The van der Waals surface area contributed by atoms with Crippen molar-refractivity contribution in [2.24, 2.45) is 0 Å². The molecule has 0 aliphatic carbocycles. The van der Waals surface area contributed by atoms with Gasteiger partial charge in [-0.25, -0.2) is 4.79 Å². The van der Waals surface area contributed by atoms with E-state index in [0.29, 0.717) is 43.2 Å². The van der Waals surface area contributed by atoms with Gasteiger partial charge < -0.3 is 19.5 Å². The lowest BCUT2D eigenvalue weighted by Crippen LogP contribution is -2.46. The fraction of sp³-hybridized carbons (Fsp3) is 0.300. The minimum atomic E-state index is -0.989. The van der Waals surface area contributed by atoms with Crippen molar-refractivity contribution in [1.82, 2.24) is 15.1 Å². The van der Waals surface area contributed by atoms with E-state index >= 15 is 0 Å². The van der Waals surface area contributed by atoms with Gasteiger partial charge in [0.15, 0.2) is 17.3 Å². The summed E-state index contributed by atoms with van der Waals surface area (Å²) in [6.07, 6.45) is 0.892. The zero-order chi connectivity index (χ0) is 19.1. The summed E-state index contributed by atoms with van der Waals surface area (Å²) in [5.41, 5.74) is 0.667. The summed E-state index contributed by atoms with van der Waals surface area (Å²) < 4.78 is 10.7. The first kappa shape index (κ1) is 16.9. The van der Waals surface area contributed by atoms with Gasteiger partial charge in [0.25, 0.3) is 0 Å². The highest BCUT2D eigenvalue weighted by Crippen LogP contribution is 2.39. The van der Waals surface area contributed by atoms with Crippen molar-refractivity contribution in [3.8, 4) is 11.5 Å². The Bertz CT molecular complexity index is 1040. The van der Waals surface area contributed by atoms with Gasteiger partial charge in [0.05, 0.1) is 11.1 Å². The van der Waals surface area contributed by atoms with Gasteiger partial charge in [0.1, 0.15) is 0 Å². The number of piperidine rings is 1. The molecule has 8 heteroatoms. The van der Waals surface area contributed by atoms with E-state index in [1.165, 1.54) is 0 Å². The predicted molar refractivity (Wildman–Crippen MR) is 102 cm³/mol. The second kappa shape index (κ2) is 6.42. The molecule has 0 spiro atoms. The van der Waals surface area contributed by atoms with E-state index in [0.717, 1.165) is 16.5 Å². The number of likely N-dealkylation sites (tertiary alicyclic amines) is 1. The number of aromatic amines is 1. The van der Waals surface area contributed by atoms with Crippen molar-refractivity contribution in [2.45, 2.75) is 18.4 Å². The molecule has 2 aromatic carbocycles.